The van der Waals surface area contributed by atoms with Crippen LogP contribution in [0.3, 0.4) is 0 Å². The highest BCUT2D eigenvalue weighted by atomic mass is 16.6. The van der Waals surface area contributed by atoms with Crippen molar-refractivity contribution >= 4 is 28.8 Å². The summed E-state index contributed by atoms with van der Waals surface area (Å²) in [5.41, 5.74) is 2.05. The third-order valence-corrected chi connectivity index (χ3v) is 6.87. The number of amides is 2. The number of aromatic nitrogens is 1. The molecule has 1 aliphatic heterocycles. The van der Waals surface area contributed by atoms with Crippen molar-refractivity contribution < 1.29 is 28.9 Å². The lowest BCUT2D eigenvalue weighted by Gasteiger charge is -2.37. The Labute approximate surface area is 232 Å². The first-order valence-corrected chi connectivity index (χ1v) is 13.2. The van der Waals surface area contributed by atoms with Gasteiger partial charge in [0.15, 0.2) is 0 Å². The van der Waals surface area contributed by atoms with Gasteiger partial charge in [0.1, 0.15) is 24.8 Å². The lowest BCUT2D eigenvalue weighted by Crippen LogP contribution is -2.46. The van der Waals surface area contributed by atoms with Gasteiger partial charge in [-0.05, 0) is 58.7 Å². The number of nitrogens with one attached hydrogen (secondary N) is 1. The van der Waals surface area contributed by atoms with Crippen LogP contribution < -0.4 is 10.1 Å². The monoisotopic (exact) mass is 541 g/mol. The molecule has 9 heteroatoms. The number of anilines is 1. The quantitative estimate of drug-likeness (QED) is 0.253. The summed E-state index contributed by atoms with van der Waals surface area (Å²) in [6.07, 6.45) is 0.352. The molecule has 206 valence electrons. The van der Waals surface area contributed by atoms with E-state index in [4.69, 9.17) is 14.2 Å². The van der Waals surface area contributed by atoms with E-state index >= 15 is 0 Å². The van der Waals surface area contributed by atoms with E-state index in [1.165, 1.54) is 4.90 Å². The van der Waals surface area contributed by atoms with Gasteiger partial charge in [-0.3, -0.25) is 5.32 Å². The fourth-order valence-corrected chi connectivity index (χ4v) is 4.88. The van der Waals surface area contributed by atoms with E-state index in [1.54, 1.807) is 24.4 Å². The number of ether oxygens (including phenoxy) is 3. The van der Waals surface area contributed by atoms with Gasteiger partial charge in [0.05, 0.1) is 19.3 Å². The van der Waals surface area contributed by atoms with Crippen LogP contribution in [0, 0.1) is 0 Å². The van der Waals surface area contributed by atoms with Gasteiger partial charge in [-0.2, -0.15) is 0 Å². The summed E-state index contributed by atoms with van der Waals surface area (Å²) in [5.74, 6) is 1.05. The topological polar surface area (TPSA) is 110 Å². The number of rotatable bonds is 9. The van der Waals surface area contributed by atoms with Crippen LogP contribution in [0.25, 0.3) is 10.8 Å². The second-order valence-electron chi connectivity index (χ2n) is 9.55. The third kappa shape index (κ3) is 7.06. The van der Waals surface area contributed by atoms with E-state index in [-0.39, 0.29) is 31.8 Å². The minimum absolute atomic E-state index is 0.00000612. The number of carbonyl (C=O) groups is 2. The zero-order chi connectivity index (χ0) is 27.7. The number of hydrogen-bond acceptors (Lipinski definition) is 6. The predicted octanol–water partition coefficient (Wildman–Crippen LogP) is 5.92. The molecule has 2 amide bonds. The lowest BCUT2D eigenvalue weighted by atomic mass is 9.87. The summed E-state index contributed by atoms with van der Waals surface area (Å²) in [5, 5.41) is 14.5. The molecule has 4 aromatic rings. The van der Waals surface area contributed by atoms with Crippen LogP contribution in [-0.2, 0) is 16.1 Å². The normalized spacial score (nSPS) is 16.9. The molecule has 0 radical (unpaired) electrons. The van der Waals surface area contributed by atoms with Crippen molar-refractivity contribution in [2.24, 2.45) is 0 Å². The van der Waals surface area contributed by atoms with Crippen molar-refractivity contribution in [1.82, 2.24) is 9.88 Å². The highest BCUT2D eigenvalue weighted by Gasteiger charge is 2.33. The molecule has 2 atom stereocenters. The molecule has 0 aliphatic carbocycles. The molecule has 1 aliphatic rings. The van der Waals surface area contributed by atoms with E-state index in [0.29, 0.717) is 31.1 Å². The molecular weight excluding hydrogens is 510 g/mol. The Kier molecular flexibility index (Phi) is 8.73. The Bertz CT molecular complexity index is 1450. The number of hydrogen-bond donors (Lipinski definition) is 2. The van der Waals surface area contributed by atoms with E-state index < -0.39 is 12.2 Å². The van der Waals surface area contributed by atoms with Gasteiger partial charge in [-0.25, -0.2) is 14.6 Å². The molecule has 2 N–H and O–H groups in total. The van der Waals surface area contributed by atoms with Gasteiger partial charge >= 0.3 is 12.2 Å². The van der Waals surface area contributed by atoms with Crippen LogP contribution in [-0.4, -0.2) is 59.6 Å². The zero-order valence-corrected chi connectivity index (χ0v) is 21.9. The van der Waals surface area contributed by atoms with Crippen molar-refractivity contribution in [3.8, 4) is 5.75 Å². The molecule has 0 spiro atoms. The van der Waals surface area contributed by atoms with Gasteiger partial charge in [0, 0.05) is 18.7 Å². The van der Waals surface area contributed by atoms with Crippen LogP contribution in [0.2, 0.25) is 0 Å². The number of nitrogens with zero attached hydrogens (tertiary/aromatic N) is 2. The van der Waals surface area contributed by atoms with Crippen molar-refractivity contribution in [2.45, 2.75) is 25.0 Å². The van der Waals surface area contributed by atoms with E-state index in [0.717, 1.165) is 21.9 Å². The third-order valence-electron chi connectivity index (χ3n) is 6.87. The molecular formula is C31H31N3O6. The Balaban J connectivity index is 1.19. The molecule has 1 fully saturated rings. The Hall–Kier alpha value is -4.63. The summed E-state index contributed by atoms with van der Waals surface area (Å²) in [7, 11) is 0. The second-order valence-corrected chi connectivity index (χ2v) is 9.55. The summed E-state index contributed by atoms with van der Waals surface area (Å²) in [4.78, 5) is 29.1. The summed E-state index contributed by atoms with van der Waals surface area (Å²) >= 11 is 0. The van der Waals surface area contributed by atoms with Gasteiger partial charge in [0.25, 0.3) is 0 Å². The molecule has 1 saturated heterocycles. The SMILES string of the molecule is O=C(Nc1ccccn1)OCCOc1cccc(C2CCN(C(=O)O)CC2OCc2ccc3ccccc3c2)c1. The highest BCUT2D eigenvalue weighted by molar-refractivity contribution is 5.83. The minimum atomic E-state index is -0.943. The molecule has 0 saturated carbocycles. The van der Waals surface area contributed by atoms with Crippen molar-refractivity contribution in [3.63, 3.8) is 0 Å². The molecule has 2 unspecified atom stereocenters. The first-order chi connectivity index (χ1) is 19.5. The van der Waals surface area contributed by atoms with E-state index in [9.17, 15) is 14.7 Å². The number of carbonyl (C=O) groups excluding carboxylic acids is 1. The molecule has 1 aromatic heterocycles. The van der Waals surface area contributed by atoms with E-state index in [2.05, 4.69) is 34.6 Å². The number of piperidine rings is 1. The molecule has 9 nitrogen and oxygen atoms in total. The summed E-state index contributed by atoms with van der Waals surface area (Å²) in [6, 6.07) is 27.3. The number of pyridine rings is 1. The van der Waals surface area contributed by atoms with Crippen molar-refractivity contribution in [1.29, 1.82) is 0 Å². The first kappa shape index (κ1) is 27.0. The van der Waals surface area contributed by atoms with Crippen LogP contribution in [0.15, 0.2) is 91.1 Å². The van der Waals surface area contributed by atoms with Crippen LogP contribution in [0.1, 0.15) is 23.5 Å². The van der Waals surface area contributed by atoms with Gasteiger partial charge in [-0.15, -0.1) is 0 Å². The van der Waals surface area contributed by atoms with Crippen LogP contribution in [0.4, 0.5) is 15.4 Å². The van der Waals surface area contributed by atoms with E-state index in [1.807, 2.05) is 42.5 Å². The standard InChI is InChI=1S/C31H31N3O6/c35-30(33-29-10-3-4-14-32-29)39-17-16-38-26-9-5-8-25(19-26)27-13-15-34(31(36)37)20-28(27)40-21-22-11-12-23-6-1-2-7-24(23)18-22/h1-12,14,18-19,27-28H,13,15-17,20-21H2,(H,36,37)(H,32,33,35). The minimum Gasteiger partial charge on any atom is -0.490 e. The maximum atomic E-state index is 11.9. The number of carboxylic acid groups (broad SMARTS) is 1. The summed E-state index contributed by atoms with van der Waals surface area (Å²) < 4.78 is 17.4. The lowest BCUT2D eigenvalue weighted by molar-refractivity contribution is -0.0199. The van der Waals surface area contributed by atoms with Crippen molar-refractivity contribution in [2.75, 3.05) is 31.6 Å². The summed E-state index contributed by atoms with van der Waals surface area (Å²) in [6.45, 7) is 1.35. The Morgan fingerprint density at radius 3 is 2.62 bits per heavy atom. The zero-order valence-electron chi connectivity index (χ0n) is 21.9. The number of fused-ring (bicyclic) bond motifs is 1. The Morgan fingerprint density at radius 2 is 1.80 bits per heavy atom. The maximum absolute atomic E-state index is 11.9. The van der Waals surface area contributed by atoms with Gasteiger partial charge < -0.3 is 24.2 Å². The van der Waals surface area contributed by atoms with Gasteiger partial charge in [0.2, 0.25) is 0 Å². The fraction of sp³-hybridized carbons (Fsp3) is 0.258. The van der Waals surface area contributed by atoms with Crippen LogP contribution in [0.5, 0.6) is 5.75 Å². The number of likely N-dealkylation sites (tertiary alicyclic amines) is 1. The first-order valence-electron chi connectivity index (χ1n) is 13.2. The second kappa shape index (κ2) is 12.9. The molecule has 3 aromatic carbocycles. The highest BCUT2D eigenvalue weighted by Crippen LogP contribution is 2.33. The van der Waals surface area contributed by atoms with Crippen LogP contribution >= 0.6 is 0 Å². The Morgan fingerprint density at radius 1 is 0.950 bits per heavy atom. The largest absolute Gasteiger partial charge is 0.490 e. The molecule has 0 bridgehead atoms. The fourth-order valence-electron chi connectivity index (χ4n) is 4.88. The average molecular weight is 542 g/mol. The molecule has 40 heavy (non-hydrogen) atoms. The van der Waals surface area contributed by atoms with Crippen molar-refractivity contribution in [3.05, 3.63) is 102 Å². The van der Waals surface area contributed by atoms with Gasteiger partial charge in [-0.1, -0.05) is 54.6 Å². The smallest absolute Gasteiger partial charge is 0.412 e. The maximum Gasteiger partial charge on any atom is 0.412 e. The number of benzene rings is 3. The predicted molar refractivity (Wildman–Crippen MR) is 151 cm³/mol. The molecule has 5 rings (SSSR count). The molecule has 2 heterocycles. The average Bonchev–Trinajstić information content (AvgIpc) is 2.98.